The van der Waals surface area contributed by atoms with Gasteiger partial charge >= 0.3 is 5.91 Å². The summed E-state index contributed by atoms with van der Waals surface area (Å²) in [6.07, 6.45) is 0. The molecule has 0 bridgehead atoms. The fourth-order valence-corrected chi connectivity index (χ4v) is 2.85. The number of rotatable bonds is 5. The van der Waals surface area contributed by atoms with Gasteiger partial charge in [0, 0.05) is 5.69 Å². The van der Waals surface area contributed by atoms with E-state index in [1.165, 1.54) is 11.3 Å². The standard InChI is InChI=1S/C19H17N3O3S/c1-12-8-9-16(25-12)18(23)22-21-13(2)14-5-3-6-15(11-14)20-19(24)17-7-4-10-26-17/h3-11H,1-2H3,(H,20,24)(H,22,23)/b21-13+. The van der Waals surface area contributed by atoms with E-state index in [2.05, 4.69) is 15.8 Å². The molecule has 0 spiro atoms. The van der Waals surface area contributed by atoms with Crippen molar-refractivity contribution in [1.82, 2.24) is 5.43 Å². The lowest BCUT2D eigenvalue weighted by molar-refractivity contribution is 0.0925. The van der Waals surface area contributed by atoms with E-state index in [-0.39, 0.29) is 11.7 Å². The van der Waals surface area contributed by atoms with Crippen molar-refractivity contribution < 1.29 is 14.0 Å². The number of amides is 2. The summed E-state index contributed by atoms with van der Waals surface area (Å²) in [6.45, 7) is 3.54. The number of hydrazone groups is 1. The Labute approximate surface area is 154 Å². The van der Waals surface area contributed by atoms with Crippen LogP contribution in [-0.2, 0) is 0 Å². The van der Waals surface area contributed by atoms with Gasteiger partial charge in [-0.2, -0.15) is 5.10 Å². The van der Waals surface area contributed by atoms with E-state index in [4.69, 9.17) is 4.42 Å². The summed E-state index contributed by atoms with van der Waals surface area (Å²) in [6, 6.07) is 14.2. The van der Waals surface area contributed by atoms with Gasteiger partial charge in [0.1, 0.15) is 5.76 Å². The predicted octanol–water partition coefficient (Wildman–Crippen LogP) is 4.06. The average molecular weight is 367 g/mol. The third-order valence-corrected chi connectivity index (χ3v) is 4.44. The molecule has 2 aromatic heterocycles. The van der Waals surface area contributed by atoms with Crippen LogP contribution < -0.4 is 10.7 Å². The Kier molecular flexibility index (Phi) is 5.28. The molecule has 0 saturated carbocycles. The van der Waals surface area contributed by atoms with E-state index in [1.54, 1.807) is 44.2 Å². The number of anilines is 1. The topological polar surface area (TPSA) is 83.7 Å². The van der Waals surface area contributed by atoms with Gasteiger partial charge in [-0.25, -0.2) is 5.43 Å². The van der Waals surface area contributed by atoms with Gasteiger partial charge < -0.3 is 9.73 Å². The Morgan fingerprint density at radius 1 is 1.08 bits per heavy atom. The molecule has 0 unspecified atom stereocenters. The molecule has 2 N–H and O–H groups in total. The summed E-state index contributed by atoms with van der Waals surface area (Å²) in [5.74, 6) is 0.286. The largest absolute Gasteiger partial charge is 0.456 e. The summed E-state index contributed by atoms with van der Waals surface area (Å²) in [7, 11) is 0. The first-order valence-corrected chi connectivity index (χ1v) is 8.77. The van der Waals surface area contributed by atoms with Crippen LogP contribution in [0.3, 0.4) is 0 Å². The maximum absolute atomic E-state index is 12.1. The van der Waals surface area contributed by atoms with E-state index in [9.17, 15) is 9.59 Å². The molecule has 0 radical (unpaired) electrons. The van der Waals surface area contributed by atoms with Crippen LogP contribution in [0.15, 0.2) is 63.4 Å². The average Bonchev–Trinajstić information content (AvgIpc) is 3.31. The minimum atomic E-state index is -0.417. The first-order chi connectivity index (χ1) is 12.5. The van der Waals surface area contributed by atoms with E-state index >= 15 is 0 Å². The van der Waals surface area contributed by atoms with Gasteiger partial charge in [-0.15, -0.1) is 11.3 Å². The Bertz CT molecular complexity index is 958. The zero-order valence-electron chi connectivity index (χ0n) is 14.3. The van der Waals surface area contributed by atoms with Crippen LogP contribution in [0.25, 0.3) is 0 Å². The number of aryl methyl sites for hydroxylation is 1. The molecule has 0 aliphatic rings. The van der Waals surface area contributed by atoms with Crippen molar-refractivity contribution in [3.63, 3.8) is 0 Å². The van der Waals surface area contributed by atoms with Crippen molar-refractivity contribution in [1.29, 1.82) is 0 Å². The lowest BCUT2D eigenvalue weighted by atomic mass is 10.1. The van der Waals surface area contributed by atoms with Crippen LogP contribution in [0.4, 0.5) is 5.69 Å². The van der Waals surface area contributed by atoms with Gasteiger partial charge in [-0.1, -0.05) is 18.2 Å². The number of furan rings is 1. The number of hydrogen-bond donors (Lipinski definition) is 2. The highest BCUT2D eigenvalue weighted by Gasteiger charge is 2.10. The van der Waals surface area contributed by atoms with Gasteiger partial charge in [0.05, 0.1) is 10.6 Å². The minimum Gasteiger partial charge on any atom is -0.456 e. The summed E-state index contributed by atoms with van der Waals surface area (Å²) >= 11 is 1.38. The number of nitrogens with zero attached hydrogens (tertiary/aromatic N) is 1. The molecule has 0 aliphatic carbocycles. The molecular formula is C19H17N3O3S. The molecular weight excluding hydrogens is 350 g/mol. The number of benzene rings is 1. The molecule has 0 atom stereocenters. The van der Waals surface area contributed by atoms with Crippen molar-refractivity contribution in [3.05, 3.63) is 75.9 Å². The minimum absolute atomic E-state index is 0.159. The van der Waals surface area contributed by atoms with Crippen LogP contribution in [0.2, 0.25) is 0 Å². The number of thiophene rings is 1. The summed E-state index contributed by atoms with van der Waals surface area (Å²) in [5.41, 5.74) is 4.51. The Morgan fingerprint density at radius 3 is 2.62 bits per heavy atom. The van der Waals surface area contributed by atoms with Crippen molar-refractivity contribution in [2.75, 3.05) is 5.32 Å². The lowest BCUT2D eigenvalue weighted by Crippen LogP contribution is -2.18. The molecule has 2 heterocycles. The maximum Gasteiger partial charge on any atom is 0.307 e. The van der Waals surface area contributed by atoms with Crippen molar-refractivity contribution >= 4 is 34.6 Å². The number of carbonyl (C=O) groups excluding carboxylic acids is 2. The fourth-order valence-electron chi connectivity index (χ4n) is 2.23. The monoisotopic (exact) mass is 367 g/mol. The van der Waals surface area contributed by atoms with Crippen molar-refractivity contribution in [2.24, 2.45) is 5.10 Å². The number of carbonyl (C=O) groups is 2. The fraction of sp³-hybridized carbons (Fsp3) is 0.105. The molecule has 7 heteroatoms. The molecule has 1 aromatic carbocycles. The van der Waals surface area contributed by atoms with Crippen molar-refractivity contribution in [3.8, 4) is 0 Å². The van der Waals surface area contributed by atoms with Gasteiger partial charge in [-0.3, -0.25) is 9.59 Å². The molecule has 0 saturated heterocycles. The molecule has 26 heavy (non-hydrogen) atoms. The van der Waals surface area contributed by atoms with Gasteiger partial charge in [0.2, 0.25) is 0 Å². The summed E-state index contributed by atoms with van der Waals surface area (Å²) in [4.78, 5) is 24.7. The predicted molar refractivity (Wildman–Crippen MR) is 102 cm³/mol. The second kappa shape index (κ2) is 7.79. The summed E-state index contributed by atoms with van der Waals surface area (Å²) in [5, 5.41) is 8.80. The highest BCUT2D eigenvalue weighted by molar-refractivity contribution is 7.12. The molecule has 6 nitrogen and oxygen atoms in total. The van der Waals surface area contributed by atoms with Crippen LogP contribution in [0, 0.1) is 6.92 Å². The van der Waals surface area contributed by atoms with Gasteiger partial charge in [-0.05, 0) is 55.1 Å². The van der Waals surface area contributed by atoms with Crippen LogP contribution >= 0.6 is 11.3 Å². The lowest BCUT2D eigenvalue weighted by Gasteiger charge is -2.07. The molecule has 2 amide bonds. The Balaban J connectivity index is 1.68. The molecule has 3 aromatic rings. The second-order valence-corrected chi connectivity index (χ2v) is 6.51. The highest BCUT2D eigenvalue weighted by atomic mass is 32.1. The molecule has 132 valence electrons. The number of nitrogens with one attached hydrogen (secondary N) is 2. The number of hydrogen-bond acceptors (Lipinski definition) is 5. The van der Waals surface area contributed by atoms with E-state index in [1.807, 2.05) is 23.6 Å². The van der Waals surface area contributed by atoms with Gasteiger partial charge in [0.25, 0.3) is 5.91 Å². The first-order valence-electron chi connectivity index (χ1n) is 7.89. The smallest absolute Gasteiger partial charge is 0.307 e. The zero-order valence-corrected chi connectivity index (χ0v) is 15.1. The normalized spacial score (nSPS) is 11.2. The highest BCUT2D eigenvalue weighted by Crippen LogP contribution is 2.15. The molecule has 3 rings (SSSR count). The van der Waals surface area contributed by atoms with E-state index in [0.717, 1.165) is 5.56 Å². The van der Waals surface area contributed by atoms with Crippen LogP contribution in [0.1, 0.15) is 38.5 Å². The van der Waals surface area contributed by atoms with Gasteiger partial charge in [0.15, 0.2) is 5.76 Å². The first kappa shape index (κ1) is 17.6. The summed E-state index contributed by atoms with van der Waals surface area (Å²) < 4.78 is 5.25. The van der Waals surface area contributed by atoms with E-state index in [0.29, 0.717) is 22.0 Å². The Morgan fingerprint density at radius 2 is 1.92 bits per heavy atom. The SMILES string of the molecule is C/C(=N\NC(=O)c1ccc(C)o1)c1cccc(NC(=O)c2cccs2)c1. The van der Waals surface area contributed by atoms with Crippen LogP contribution in [0.5, 0.6) is 0 Å². The Hall–Kier alpha value is -3.19. The molecule has 0 aliphatic heterocycles. The molecule has 0 fully saturated rings. The maximum atomic E-state index is 12.1. The quantitative estimate of drug-likeness (QED) is 0.527. The zero-order chi connectivity index (χ0) is 18.5. The van der Waals surface area contributed by atoms with Crippen molar-refractivity contribution in [2.45, 2.75) is 13.8 Å². The third kappa shape index (κ3) is 4.25. The third-order valence-electron chi connectivity index (χ3n) is 3.57. The second-order valence-electron chi connectivity index (χ2n) is 5.56. The van der Waals surface area contributed by atoms with Crippen LogP contribution in [-0.4, -0.2) is 17.5 Å². The van der Waals surface area contributed by atoms with E-state index < -0.39 is 5.91 Å².